The molecule has 1 fully saturated rings. The number of carbonyl (C=O) groups excluding carboxylic acids is 2. The highest BCUT2D eigenvalue weighted by Gasteiger charge is 2.36. The zero-order valence-electron chi connectivity index (χ0n) is 23.0. The zero-order chi connectivity index (χ0) is 27.9. The lowest BCUT2D eigenvalue weighted by Crippen LogP contribution is -2.57. The molecule has 0 atom stereocenters. The molecule has 0 radical (unpaired) electrons. The largest absolute Gasteiger partial charge is 0.486 e. The average Bonchev–Trinajstić information content (AvgIpc) is 3.27. The van der Waals surface area contributed by atoms with Crippen molar-refractivity contribution in [3.8, 4) is 22.7 Å². The van der Waals surface area contributed by atoms with Gasteiger partial charge in [0.15, 0.2) is 5.65 Å². The third-order valence-corrected chi connectivity index (χ3v) is 6.35. The van der Waals surface area contributed by atoms with Gasteiger partial charge in [0.05, 0.1) is 37.8 Å². The van der Waals surface area contributed by atoms with Gasteiger partial charge in [0.2, 0.25) is 0 Å². The Labute approximate surface area is 227 Å². The van der Waals surface area contributed by atoms with Gasteiger partial charge in [-0.2, -0.15) is 0 Å². The predicted octanol–water partition coefficient (Wildman–Crippen LogP) is 5.49. The number of hydrogen-bond donors (Lipinski definition) is 0. The third kappa shape index (κ3) is 5.57. The number of carbonyl (C=O) groups is 2. The summed E-state index contributed by atoms with van der Waals surface area (Å²) in [4.78, 5) is 35.9. The SMILES string of the molecule is COC(=O)c1ccc(-n2ccc3ncc(-c4cc(C)cc(C)c4)nc32)cc1OC1CN(C(=O)OC(C)(C)C)C1. The Morgan fingerprint density at radius 2 is 1.72 bits per heavy atom. The molecular formula is C30H32N4O5. The standard InChI is InChI=1S/C30H32N4O5/c1-18-11-19(2)13-20(12-18)25-15-31-24-9-10-34(27(24)32-25)21-7-8-23(28(35)37-6)26(14-21)38-22-16-33(17-22)29(36)39-30(3,4)5/h7-15,22H,16-17H2,1-6H3. The lowest BCUT2D eigenvalue weighted by molar-refractivity contribution is -0.0225. The number of nitrogens with zero attached hydrogens (tertiary/aromatic N) is 4. The van der Waals surface area contributed by atoms with Crippen LogP contribution in [0.25, 0.3) is 28.1 Å². The highest BCUT2D eigenvalue weighted by Crippen LogP contribution is 2.30. The van der Waals surface area contributed by atoms with Gasteiger partial charge in [-0.15, -0.1) is 0 Å². The van der Waals surface area contributed by atoms with Crippen LogP contribution in [-0.2, 0) is 9.47 Å². The molecule has 5 rings (SSSR count). The fourth-order valence-corrected chi connectivity index (χ4v) is 4.57. The highest BCUT2D eigenvalue weighted by atomic mass is 16.6. The molecule has 1 aliphatic heterocycles. The van der Waals surface area contributed by atoms with Crippen LogP contribution in [0.2, 0.25) is 0 Å². The van der Waals surface area contributed by atoms with Gasteiger partial charge in [0.25, 0.3) is 0 Å². The van der Waals surface area contributed by atoms with Crippen LogP contribution in [0.15, 0.2) is 54.9 Å². The van der Waals surface area contributed by atoms with Crippen LogP contribution in [0.4, 0.5) is 4.79 Å². The van der Waals surface area contributed by atoms with E-state index in [1.54, 1.807) is 23.2 Å². The summed E-state index contributed by atoms with van der Waals surface area (Å²) in [6.45, 7) is 10.3. The topological polar surface area (TPSA) is 95.8 Å². The van der Waals surface area contributed by atoms with E-state index in [1.807, 2.05) is 43.7 Å². The van der Waals surface area contributed by atoms with E-state index in [1.165, 1.54) is 7.11 Å². The fourth-order valence-electron chi connectivity index (χ4n) is 4.57. The number of rotatable bonds is 5. The first-order valence-corrected chi connectivity index (χ1v) is 12.8. The molecule has 9 nitrogen and oxygen atoms in total. The maximum atomic E-state index is 12.5. The van der Waals surface area contributed by atoms with Gasteiger partial charge >= 0.3 is 12.1 Å². The second kappa shape index (κ2) is 10.1. The number of hydrogen-bond acceptors (Lipinski definition) is 7. The van der Waals surface area contributed by atoms with Gasteiger partial charge in [-0.1, -0.05) is 17.2 Å². The molecule has 0 spiro atoms. The lowest BCUT2D eigenvalue weighted by atomic mass is 10.1. The summed E-state index contributed by atoms with van der Waals surface area (Å²) in [6.07, 6.45) is 3.00. The number of fused-ring (bicyclic) bond motifs is 1. The van der Waals surface area contributed by atoms with Crippen molar-refractivity contribution in [3.05, 3.63) is 71.5 Å². The number of benzene rings is 2. The number of likely N-dealkylation sites (tertiary alicyclic amines) is 1. The second-order valence-electron chi connectivity index (χ2n) is 10.8. The van der Waals surface area contributed by atoms with Crippen LogP contribution < -0.4 is 4.74 Å². The van der Waals surface area contributed by atoms with E-state index in [0.717, 1.165) is 33.6 Å². The smallest absolute Gasteiger partial charge is 0.410 e. The minimum atomic E-state index is -0.574. The van der Waals surface area contributed by atoms with Crippen LogP contribution >= 0.6 is 0 Å². The van der Waals surface area contributed by atoms with Gasteiger partial charge in [-0.3, -0.25) is 9.55 Å². The van der Waals surface area contributed by atoms with E-state index in [9.17, 15) is 9.59 Å². The number of esters is 1. The quantitative estimate of drug-likeness (QED) is 0.316. The van der Waals surface area contributed by atoms with Gasteiger partial charge in [-0.25, -0.2) is 14.6 Å². The molecule has 202 valence electrons. The van der Waals surface area contributed by atoms with Crippen molar-refractivity contribution < 1.29 is 23.8 Å². The molecule has 1 saturated heterocycles. The molecule has 0 N–H and O–H groups in total. The second-order valence-corrected chi connectivity index (χ2v) is 10.8. The lowest BCUT2D eigenvalue weighted by Gasteiger charge is -2.39. The van der Waals surface area contributed by atoms with Crippen LogP contribution in [0, 0.1) is 13.8 Å². The van der Waals surface area contributed by atoms with Gasteiger partial charge in [-0.05, 0) is 65.0 Å². The normalized spacial score (nSPS) is 13.7. The molecule has 0 saturated carbocycles. The van der Waals surface area contributed by atoms with Gasteiger partial charge < -0.3 is 19.1 Å². The number of amides is 1. The minimum absolute atomic E-state index is 0.284. The third-order valence-electron chi connectivity index (χ3n) is 6.35. The maximum Gasteiger partial charge on any atom is 0.410 e. The summed E-state index contributed by atoms with van der Waals surface area (Å²) in [5.41, 5.74) is 5.99. The Balaban J connectivity index is 1.44. The van der Waals surface area contributed by atoms with Crippen LogP contribution in [-0.4, -0.2) is 63.4 Å². The first kappa shape index (κ1) is 26.2. The molecule has 1 amide bonds. The van der Waals surface area contributed by atoms with E-state index < -0.39 is 11.6 Å². The Bertz CT molecular complexity index is 1540. The van der Waals surface area contributed by atoms with Gasteiger partial charge in [0, 0.05) is 17.8 Å². The molecule has 2 aromatic carbocycles. The maximum absolute atomic E-state index is 12.5. The summed E-state index contributed by atoms with van der Waals surface area (Å²) in [5.74, 6) is -0.136. The number of ether oxygens (including phenoxy) is 3. The van der Waals surface area contributed by atoms with Crippen molar-refractivity contribution in [1.29, 1.82) is 0 Å². The first-order valence-electron chi connectivity index (χ1n) is 12.8. The summed E-state index contributed by atoms with van der Waals surface area (Å²) >= 11 is 0. The Morgan fingerprint density at radius 1 is 1.00 bits per heavy atom. The van der Waals surface area contributed by atoms with Gasteiger partial charge in [0.1, 0.15) is 28.5 Å². The molecule has 4 aromatic rings. The van der Waals surface area contributed by atoms with E-state index in [2.05, 4.69) is 37.0 Å². The van der Waals surface area contributed by atoms with E-state index in [4.69, 9.17) is 19.2 Å². The Morgan fingerprint density at radius 3 is 2.38 bits per heavy atom. The highest BCUT2D eigenvalue weighted by molar-refractivity contribution is 5.93. The Kier molecular flexibility index (Phi) is 6.76. The van der Waals surface area contributed by atoms with E-state index >= 15 is 0 Å². The number of aromatic nitrogens is 3. The van der Waals surface area contributed by atoms with E-state index in [0.29, 0.717) is 30.0 Å². The predicted molar refractivity (Wildman–Crippen MR) is 147 cm³/mol. The minimum Gasteiger partial charge on any atom is -0.486 e. The first-order chi connectivity index (χ1) is 18.5. The molecule has 9 heteroatoms. The molecule has 2 aromatic heterocycles. The molecule has 0 bridgehead atoms. The molecule has 0 aliphatic carbocycles. The summed E-state index contributed by atoms with van der Waals surface area (Å²) in [6, 6.07) is 13.5. The molecule has 0 unspecified atom stereocenters. The molecule has 39 heavy (non-hydrogen) atoms. The molecule has 3 heterocycles. The fraction of sp³-hybridized carbons (Fsp3) is 0.333. The van der Waals surface area contributed by atoms with Crippen molar-refractivity contribution in [2.24, 2.45) is 0 Å². The number of methoxy groups -OCH3 is 1. The van der Waals surface area contributed by atoms with Crippen molar-refractivity contribution in [3.63, 3.8) is 0 Å². The number of aryl methyl sites for hydroxylation is 2. The Hall–Kier alpha value is -4.40. The average molecular weight is 529 g/mol. The summed E-state index contributed by atoms with van der Waals surface area (Å²) < 4.78 is 18.5. The molecule has 1 aliphatic rings. The van der Waals surface area contributed by atoms with Crippen molar-refractivity contribution in [2.45, 2.75) is 46.3 Å². The molecular weight excluding hydrogens is 496 g/mol. The van der Waals surface area contributed by atoms with Crippen LogP contribution in [0.3, 0.4) is 0 Å². The zero-order valence-corrected chi connectivity index (χ0v) is 23.0. The summed E-state index contributed by atoms with van der Waals surface area (Å²) in [5, 5.41) is 0. The van der Waals surface area contributed by atoms with E-state index in [-0.39, 0.29) is 12.2 Å². The van der Waals surface area contributed by atoms with Crippen molar-refractivity contribution in [1.82, 2.24) is 19.4 Å². The van der Waals surface area contributed by atoms with Crippen LogP contribution in [0.1, 0.15) is 42.3 Å². The van der Waals surface area contributed by atoms with Crippen molar-refractivity contribution in [2.75, 3.05) is 20.2 Å². The van der Waals surface area contributed by atoms with Crippen LogP contribution in [0.5, 0.6) is 5.75 Å². The monoisotopic (exact) mass is 528 g/mol. The van der Waals surface area contributed by atoms with Crippen molar-refractivity contribution >= 4 is 23.2 Å². The summed E-state index contributed by atoms with van der Waals surface area (Å²) in [7, 11) is 1.33.